The average molecular weight is 545 g/mol. The van der Waals surface area contributed by atoms with Crippen LogP contribution in [0.1, 0.15) is 5.56 Å². The van der Waals surface area contributed by atoms with Crippen molar-refractivity contribution in [2.24, 2.45) is 0 Å². The minimum Gasteiger partial charge on any atom is -0.490 e. The number of pyridine rings is 1. The first kappa shape index (κ1) is 26.0. The number of benzene rings is 3. The van der Waals surface area contributed by atoms with Gasteiger partial charge in [0.25, 0.3) is 0 Å². The van der Waals surface area contributed by atoms with Gasteiger partial charge in [0.2, 0.25) is 0 Å². The molecular weight excluding hydrogens is 527 g/mol. The second-order valence-electron chi connectivity index (χ2n) is 8.21. The minimum absolute atomic E-state index is 0.103. The van der Waals surface area contributed by atoms with Gasteiger partial charge in [-0.05, 0) is 36.4 Å². The number of urea groups is 1. The van der Waals surface area contributed by atoms with Gasteiger partial charge in [-0.3, -0.25) is 4.98 Å². The second-order valence-corrected chi connectivity index (χ2v) is 8.21. The predicted molar refractivity (Wildman–Crippen MR) is 137 cm³/mol. The number of nitriles is 1. The van der Waals surface area contributed by atoms with Gasteiger partial charge in [0, 0.05) is 29.8 Å². The highest BCUT2D eigenvalue weighted by Crippen LogP contribution is 2.34. The Kier molecular flexibility index (Phi) is 7.41. The molecule has 0 spiro atoms. The van der Waals surface area contributed by atoms with Crippen molar-refractivity contribution < 1.29 is 27.4 Å². The number of fused-ring (bicyclic) bond motifs is 1. The zero-order valence-corrected chi connectivity index (χ0v) is 20.4. The zero-order chi connectivity index (χ0) is 28.1. The van der Waals surface area contributed by atoms with Crippen LogP contribution in [0.25, 0.3) is 10.9 Å². The molecule has 5 aromatic rings. The Labute approximate surface area is 224 Å². The van der Waals surface area contributed by atoms with Crippen LogP contribution in [-0.2, 0) is 6.54 Å². The molecule has 0 unspecified atom stereocenters. The van der Waals surface area contributed by atoms with E-state index in [-0.39, 0.29) is 29.3 Å². The molecule has 13 heteroatoms. The lowest BCUT2D eigenvalue weighted by molar-refractivity contribution is 0.262. The van der Waals surface area contributed by atoms with Gasteiger partial charge < -0.3 is 20.1 Å². The van der Waals surface area contributed by atoms with Crippen molar-refractivity contribution in [3.63, 3.8) is 0 Å². The maximum atomic E-state index is 14.8. The van der Waals surface area contributed by atoms with Crippen LogP contribution in [0.15, 0.2) is 73.2 Å². The monoisotopic (exact) mass is 545 g/mol. The number of amides is 2. The van der Waals surface area contributed by atoms with E-state index >= 15 is 0 Å². The van der Waals surface area contributed by atoms with Crippen LogP contribution in [0.5, 0.6) is 17.2 Å². The fourth-order valence-corrected chi connectivity index (χ4v) is 3.69. The largest absolute Gasteiger partial charge is 0.490 e. The number of anilines is 2. The van der Waals surface area contributed by atoms with Crippen LogP contribution < -0.4 is 20.1 Å². The van der Waals surface area contributed by atoms with E-state index in [1.54, 1.807) is 30.6 Å². The Morgan fingerprint density at radius 2 is 1.62 bits per heavy atom. The smallest absolute Gasteiger partial charge is 0.323 e. The number of carbonyl (C=O) groups excluding carboxylic acids is 1. The lowest BCUT2D eigenvalue weighted by Crippen LogP contribution is -2.20. The Hall–Kier alpha value is -5.64. The van der Waals surface area contributed by atoms with Gasteiger partial charge in [0.15, 0.2) is 0 Å². The number of hydrogen-bond acceptors (Lipinski definition) is 7. The summed E-state index contributed by atoms with van der Waals surface area (Å²) in [5, 5.41) is 22.6. The standard InChI is InChI=1S/C27H18F3N7O3/c28-17-1-3-22(20(29)12-17)35-27(38)36-23-4-2-18(13-21(23)30)40-25-5-6-32-24-14-26(16(15-31)11-19(24)25)39-10-9-37-33-7-8-34-37/h1-8,11-14H,9-10H2,(H2,35,36,38). The third-order valence-corrected chi connectivity index (χ3v) is 5.53. The first-order valence-electron chi connectivity index (χ1n) is 11.7. The summed E-state index contributed by atoms with van der Waals surface area (Å²) in [6.45, 7) is 0.606. The van der Waals surface area contributed by atoms with E-state index in [0.29, 0.717) is 35.0 Å². The van der Waals surface area contributed by atoms with Crippen molar-refractivity contribution in [3.8, 4) is 23.3 Å². The lowest BCUT2D eigenvalue weighted by Gasteiger charge is -2.13. The molecule has 3 aromatic carbocycles. The van der Waals surface area contributed by atoms with E-state index in [0.717, 1.165) is 18.2 Å². The third kappa shape index (κ3) is 5.91. The zero-order valence-electron chi connectivity index (χ0n) is 20.4. The molecule has 10 nitrogen and oxygen atoms in total. The molecule has 2 aromatic heterocycles. The predicted octanol–water partition coefficient (Wildman–Crippen LogP) is 5.63. The molecule has 0 bridgehead atoms. The molecule has 0 aliphatic rings. The maximum absolute atomic E-state index is 14.8. The number of hydrogen-bond donors (Lipinski definition) is 2. The fraction of sp³-hybridized carbons (Fsp3) is 0.0741. The van der Waals surface area contributed by atoms with Gasteiger partial charge in [0.05, 0.1) is 41.4 Å². The van der Waals surface area contributed by atoms with E-state index in [9.17, 15) is 23.2 Å². The molecule has 0 aliphatic carbocycles. The van der Waals surface area contributed by atoms with Crippen molar-refractivity contribution in [3.05, 3.63) is 96.2 Å². The molecule has 0 saturated heterocycles. The number of nitrogens with zero attached hydrogens (tertiary/aromatic N) is 5. The molecule has 0 aliphatic heterocycles. The normalized spacial score (nSPS) is 10.7. The molecule has 200 valence electrons. The number of nitrogens with one attached hydrogen (secondary N) is 2. The number of aromatic nitrogens is 4. The lowest BCUT2D eigenvalue weighted by atomic mass is 10.1. The van der Waals surface area contributed by atoms with Gasteiger partial charge in [0.1, 0.15) is 47.4 Å². The molecular formula is C27H18F3N7O3. The number of ether oxygens (including phenoxy) is 2. The number of rotatable bonds is 8. The van der Waals surface area contributed by atoms with Crippen molar-refractivity contribution in [2.75, 3.05) is 17.2 Å². The summed E-state index contributed by atoms with van der Waals surface area (Å²) in [4.78, 5) is 17.9. The van der Waals surface area contributed by atoms with Gasteiger partial charge in [-0.25, -0.2) is 18.0 Å². The third-order valence-electron chi connectivity index (χ3n) is 5.53. The average Bonchev–Trinajstić information content (AvgIpc) is 3.45. The van der Waals surface area contributed by atoms with Crippen LogP contribution in [0.3, 0.4) is 0 Å². The van der Waals surface area contributed by atoms with E-state index in [4.69, 9.17) is 9.47 Å². The molecule has 0 saturated carbocycles. The first-order chi connectivity index (χ1) is 19.4. The van der Waals surface area contributed by atoms with E-state index < -0.39 is 23.5 Å². The van der Waals surface area contributed by atoms with E-state index in [1.807, 2.05) is 0 Å². The minimum atomic E-state index is -0.978. The first-order valence-corrected chi connectivity index (χ1v) is 11.7. The Bertz CT molecular complexity index is 1740. The maximum Gasteiger partial charge on any atom is 0.323 e. The molecule has 0 fully saturated rings. The summed E-state index contributed by atoms with van der Waals surface area (Å²) in [5.74, 6) is -1.88. The summed E-state index contributed by atoms with van der Waals surface area (Å²) in [5.41, 5.74) is 0.246. The number of carbonyl (C=O) groups is 1. The van der Waals surface area contributed by atoms with Gasteiger partial charge in [-0.2, -0.15) is 20.3 Å². The molecule has 2 amide bonds. The Balaban J connectivity index is 1.30. The molecule has 2 heterocycles. The Morgan fingerprint density at radius 3 is 2.33 bits per heavy atom. The highest BCUT2D eigenvalue weighted by Gasteiger charge is 2.14. The van der Waals surface area contributed by atoms with Crippen molar-refractivity contribution in [2.45, 2.75) is 6.54 Å². The van der Waals surface area contributed by atoms with Crippen molar-refractivity contribution in [1.29, 1.82) is 5.26 Å². The molecule has 2 N–H and O–H groups in total. The van der Waals surface area contributed by atoms with Crippen LogP contribution in [0.4, 0.5) is 29.3 Å². The summed E-state index contributed by atoms with van der Waals surface area (Å²) in [6, 6.07) is 12.2. The van der Waals surface area contributed by atoms with Crippen LogP contribution >= 0.6 is 0 Å². The summed E-state index contributed by atoms with van der Waals surface area (Å²) in [6.07, 6.45) is 4.59. The second kappa shape index (κ2) is 11.4. The molecule has 0 radical (unpaired) electrons. The fourth-order valence-electron chi connectivity index (χ4n) is 3.69. The van der Waals surface area contributed by atoms with E-state index in [1.165, 1.54) is 23.1 Å². The molecule has 0 atom stereocenters. The highest BCUT2D eigenvalue weighted by atomic mass is 19.1. The summed E-state index contributed by atoms with van der Waals surface area (Å²) < 4.78 is 53.2. The van der Waals surface area contributed by atoms with Crippen LogP contribution in [-0.4, -0.2) is 32.6 Å². The van der Waals surface area contributed by atoms with Gasteiger partial charge in [-0.15, -0.1) is 0 Å². The van der Waals surface area contributed by atoms with E-state index in [2.05, 4.69) is 31.9 Å². The number of halogens is 3. The quantitative estimate of drug-likeness (QED) is 0.259. The summed E-state index contributed by atoms with van der Waals surface area (Å²) in [7, 11) is 0. The highest BCUT2D eigenvalue weighted by molar-refractivity contribution is 6.00. The molecule has 5 rings (SSSR count). The SMILES string of the molecule is N#Cc1cc2c(Oc3ccc(NC(=O)Nc4ccc(F)cc4F)c(F)c3)ccnc2cc1OCCn1nccn1. The Morgan fingerprint density at radius 1 is 0.900 bits per heavy atom. The van der Waals surface area contributed by atoms with Crippen molar-refractivity contribution in [1.82, 2.24) is 20.0 Å². The van der Waals surface area contributed by atoms with Crippen LogP contribution in [0.2, 0.25) is 0 Å². The topological polar surface area (TPSA) is 127 Å². The van der Waals surface area contributed by atoms with Crippen LogP contribution in [0, 0.1) is 28.8 Å². The summed E-state index contributed by atoms with van der Waals surface area (Å²) >= 11 is 0. The van der Waals surface area contributed by atoms with Crippen molar-refractivity contribution >= 4 is 28.3 Å². The van der Waals surface area contributed by atoms with Gasteiger partial charge >= 0.3 is 6.03 Å². The molecule has 40 heavy (non-hydrogen) atoms. The van der Waals surface area contributed by atoms with Gasteiger partial charge in [-0.1, -0.05) is 0 Å².